The van der Waals surface area contributed by atoms with Crippen molar-refractivity contribution in [2.45, 2.75) is 55.1 Å². The fourth-order valence-electron chi connectivity index (χ4n) is 3.60. The molecule has 1 aromatic carbocycles. The highest BCUT2D eigenvalue weighted by Crippen LogP contribution is 2.45. The van der Waals surface area contributed by atoms with Gasteiger partial charge in [0.15, 0.2) is 0 Å². The Hall–Kier alpha value is -0.940. The molecular formula is C16H21FO3S. The van der Waals surface area contributed by atoms with Crippen molar-refractivity contribution in [2.24, 2.45) is 0 Å². The minimum absolute atomic E-state index is 0.0290. The maximum atomic E-state index is 13.8. The number of benzene rings is 1. The van der Waals surface area contributed by atoms with Crippen LogP contribution < -0.4 is 4.74 Å². The molecule has 116 valence electrons. The quantitative estimate of drug-likeness (QED) is 0.933. The molecular weight excluding hydrogens is 291 g/mol. The van der Waals surface area contributed by atoms with Crippen LogP contribution in [0.1, 0.15) is 44.6 Å². The average molecular weight is 312 g/mol. The van der Waals surface area contributed by atoms with E-state index in [2.05, 4.69) is 0 Å². The van der Waals surface area contributed by atoms with Gasteiger partial charge in [-0.05, 0) is 50.3 Å². The van der Waals surface area contributed by atoms with E-state index in [0.717, 1.165) is 19.3 Å². The Labute approximate surface area is 127 Å². The van der Waals surface area contributed by atoms with E-state index in [0.29, 0.717) is 30.8 Å². The van der Waals surface area contributed by atoms with Crippen molar-refractivity contribution in [1.82, 2.24) is 0 Å². The summed E-state index contributed by atoms with van der Waals surface area (Å²) < 4.78 is 31.4. The third kappa shape index (κ3) is 2.86. The van der Waals surface area contributed by atoms with Gasteiger partial charge in [-0.15, -0.1) is 0 Å². The van der Waals surface area contributed by atoms with Gasteiger partial charge in [-0.25, -0.2) is 4.39 Å². The predicted octanol–water partition coefficient (Wildman–Crippen LogP) is 2.88. The molecule has 3 nitrogen and oxygen atoms in total. The summed E-state index contributed by atoms with van der Waals surface area (Å²) in [5.41, 5.74) is -0.531. The Balaban J connectivity index is 1.93. The molecule has 0 spiro atoms. The van der Waals surface area contributed by atoms with Crippen LogP contribution in [-0.4, -0.2) is 26.4 Å². The average Bonchev–Trinajstić information content (AvgIpc) is 2.40. The van der Waals surface area contributed by atoms with E-state index < -0.39 is 22.2 Å². The molecule has 2 fully saturated rings. The maximum Gasteiger partial charge on any atom is 0.127 e. The summed E-state index contributed by atoms with van der Waals surface area (Å²) in [4.78, 5) is 0. The van der Waals surface area contributed by atoms with Crippen LogP contribution in [0.15, 0.2) is 18.2 Å². The third-order valence-corrected chi connectivity index (χ3v) is 6.68. The minimum Gasteiger partial charge on any atom is -0.494 e. The zero-order chi connectivity index (χ0) is 15.0. The summed E-state index contributed by atoms with van der Waals surface area (Å²) in [6.45, 7) is 2.30. The number of aliphatic hydroxyl groups is 1. The standard InChI is InChI=1S/C16H21FO3S/c1-2-20-13-7-11(6-12(17)8-13)16(18)9-14-4-3-5-15(10-16)21(14)19/h6-8,14-15,18H,2-5,9-10H2,1H3. The summed E-state index contributed by atoms with van der Waals surface area (Å²) in [7, 11) is -0.855. The second-order valence-electron chi connectivity index (χ2n) is 6.05. The summed E-state index contributed by atoms with van der Waals surface area (Å²) in [5, 5.41) is 11.1. The van der Waals surface area contributed by atoms with E-state index >= 15 is 0 Å². The van der Waals surface area contributed by atoms with E-state index in [-0.39, 0.29) is 10.5 Å². The van der Waals surface area contributed by atoms with Gasteiger partial charge in [0.05, 0.1) is 12.2 Å². The molecule has 2 saturated heterocycles. The van der Waals surface area contributed by atoms with Crippen molar-refractivity contribution < 1.29 is 18.4 Å². The van der Waals surface area contributed by atoms with Crippen molar-refractivity contribution >= 4 is 10.8 Å². The van der Waals surface area contributed by atoms with Crippen LogP contribution in [0.2, 0.25) is 0 Å². The fraction of sp³-hybridized carbons (Fsp3) is 0.625. The first-order valence-electron chi connectivity index (χ1n) is 7.57. The zero-order valence-electron chi connectivity index (χ0n) is 12.2. The molecule has 0 saturated carbocycles. The van der Waals surface area contributed by atoms with Crippen LogP contribution >= 0.6 is 0 Å². The minimum atomic E-state index is -1.09. The normalized spacial score (nSPS) is 35.5. The van der Waals surface area contributed by atoms with Crippen LogP contribution in [0.3, 0.4) is 0 Å². The molecule has 5 heteroatoms. The molecule has 0 amide bonds. The van der Waals surface area contributed by atoms with Gasteiger partial charge < -0.3 is 9.84 Å². The van der Waals surface area contributed by atoms with Gasteiger partial charge in [0, 0.05) is 27.4 Å². The monoisotopic (exact) mass is 312 g/mol. The van der Waals surface area contributed by atoms with Gasteiger partial charge in [0.2, 0.25) is 0 Å². The summed E-state index contributed by atoms with van der Waals surface area (Å²) in [6, 6.07) is 4.43. The van der Waals surface area contributed by atoms with Crippen molar-refractivity contribution in [1.29, 1.82) is 0 Å². The van der Waals surface area contributed by atoms with E-state index in [1.807, 2.05) is 6.92 Å². The van der Waals surface area contributed by atoms with Crippen LogP contribution in [0.4, 0.5) is 4.39 Å². The Kier molecular flexibility index (Phi) is 4.06. The summed E-state index contributed by atoms with van der Waals surface area (Å²) in [5.74, 6) is 0.0408. The van der Waals surface area contributed by atoms with E-state index in [1.54, 1.807) is 6.07 Å². The number of rotatable bonds is 3. The van der Waals surface area contributed by atoms with Crippen molar-refractivity contribution in [3.63, 3.8) is 0 Å². The molecule has 2 atom stereocenters. The Bertz CT molecular complexity index is 544. The summed E-state index contributed by atoms with van der Waals surface area (Å²) in [6.07, 6.45) is 3.75. The predicted molar refractivity (Wildman–Crippen MR) is 80.3 cm³/mol. The second-order valence-corrected chi connectivity index (χ2v) is 8.04. The smallest absolute Gasteiger partial charge is 0.127 e. The Morgan fingerprint density at radius 2 is 2.00 bits per heavy atom. The lowest BCUT2D eigenvalue weighted by Gasteiger charge is -2.43. The van der Waals surface area contributed by atoms with Gasteiger partial charge in [-0.2, -0.15) is 0 Å². The van der Waals surface area contributed by atoms with Gasteiger partial charge in [-0.1, -0.05) is 6.42 Å². The first kappa shape index (κ1) is 15.0. The molecule has 1 aromatic rings. The number of halogens is 1. The molecule has 0 aliphatic carbocycles. The lowest BCUT2D eigenvalue weighted by Crippen LogP contribution is -2.47. The van der Waals surface area contributed by atoms with E-state index in [4.69, 9.17) is 4.74 Å². The fourth-order valence-corrected chi connectivity index (χ4v) is 5.82. The maximum absolute atomic E-state index is 13.8. The molecule has 1 N–H and O–H groups in total. The van der Waals surface area contributed by atoms with Crippen molar-refractivity contribution in [2.75, 3.05) is 6.61 Å². The van der Waals surface area contributed by atoms with E-state index in [1.165, 1.54) is 12.1 Å². The third-order valence-electron chi connectivity index (χ3n) is 4.56. The Morgan fingerprint density at radius 3 is 2.62 bits per heavy atom. The highest BCUT2D eigenvalue weighted by atomic mass is 32.2. The molecule has 2 heterocycles. The van der Waals surface area contributed by atoms with E-state index in [9.17, 15) is 13.7 Å². The highest BCUT2D eigenvalue weighted by Gasteiger charge is 2.46. The number of hydrogen-bond acceptors (Lipinski definition) is 3. The SMILES string of the molecule is CCOc1cc(F)cc(C2(O)CC3CCCC(C2)S3=O)c1. The lowest BCUT2D eigenvalue weighted by molar-refractivity contribution is 0.00605. The topological polar surface area (TPSA) is 46.5 Å². The molecule has 0 aromatic heterocycles. The van der Waals surface area contributed by atoms with Crippen molar-refractivity contribution in [3.8, 4) is 5.75 Å². The van der Waals surface area contributed by atoms with Crippen LogP contribution in [0, 0.1) is 5.82 Å². The van der Waals surface area contributed by atoms with Crippen LogP contribution in [0.25, 0.3) is 0 Å². The number of fused-ring (bicyclic) bond motifs is 2. The highest BCUT2D eigenvalue weighted by molar-refractivity contribution is 7.86. The largest absolute Gasteiger partial charge is 0.494 e. The number of hydrogen-bond donors (Lipinski definition) is 1. The van der Waals surface area contributed by atoms with Gasteiger partial charge in [-0.3, -0.25) is 4.21 Å². The Morgan fingerprint density at radius 1 is 1.33 bits per heavy atom. The molecule has 2 bridgehead atoms. The first-order valence-corrected chi connectivity index (χ1v) is 8.85. The van der Waals surface area contributed by atoms with Gasteiger partial charge >= 0.3 is 0 Å². The molecule has 2 aliphatic heterocycles. The van der Waals surface area contributed by atoms with Crippen molar-refractivity contribution in [3.05, 3.63) is 29.6 Å². The summed E-state index contributed by atoms with van der Waals surface area (Å²) >= 11 is 0. The van der Waals surface area contributed by atoms with Gasteiger partial charge in [0.1, 0.15) is 11.6 Å². The molecule has 2 unspecified atom stereocenters. The molecule has 0 radical (unpaired) electrons. The lowest BCUT2D eigenvalue weighted by atomic mass is 9.80. The number of ether oxygens (including phenoxy) is 1. The molecule has 21 heavy (non-hydrogen) atoms. The molecule has 3 rings (SSSR count). The first-order chi connectivity index (χ1) is 10.0. The zero-order valence-corrected chi connectivity index (χ0v) is 13.0. The molecule has 2 aliphatic rings. The second kappa shape index (κ2) is 5.69. The van der Waals surface area contributed by atoms with Crippen LogP contribution in [-0.2, 0) is 16.4 Å². The van der Waals surface area contributed by atoms with Crippen LogP contribution in [0.5, 0.6) is 5.75 Å². The van der Waals surface area contributed by atoms with Gasteiger partial charge in [0.25, 0.3) is 0 Å².